The van der Waals surface area contributed by atoms with Crippen LogP contribution in [0.4, 0.5) is 0 Å². The van der Waals surface area contributed by atoms with Crippen molar-refractivity contribution in [2.24, 2.45) is 5.73 Å². The van der Waals surface area contributed by atoms with E-state index in [1.807, 2.05) is 32.0 Å². The van der Waals surface area contributed by atoms with Crippen molar-refractivity contribution in [1.82, 2.24) is 5.32 Å². The summed E-state index contributed by atoms with van der Waals surface area (Å²) in [5.41, 5.74) is 6.41. The van der Waals surface area contributed by atoms with Gasteiger partial charge in [0.2, 0.25) is 5.91 Å². The zero-order valence-electron chi connectivity index (χ0n) is 11.8. The predicted octanol–water partition coefficient (Wildman–Crippen LogP) is 2.69. The van der Waals surface area contributed by atoms with Gasteiger partial charge in [0.1, 0.15) is 5.75 Å². The second-order valence-electron chi connectivity index (χ2n) is 4.57. The lowest BCUT2D eigenvalue weighted by molar-refractivity contribution is -0.121. The van der Waals surface area contributed by atoms with Crippen LogP contribution in [0.25, 0.3) is 0 Å². The fraction of sp³-hybridized carbons (Fsp3) is 0.500. The molecule has 0 unspecified atom stereocenters. The molecular formula is C14H22Cl2N2O2. The molecule has 3 N–H and O–H groups in total. The Morgan fingerprint density at radius 3 is 2.80 bits per heavy atom. The first kappa shape index (κ1) is 19.0. The number of carbonyl (C=O) groups is 1. The minimum atomic E-state index is 0. The van der Waals surface area contributed by atoms with Gasteiger partial charge < -0.3 is 15.8 Å². The molecule has 0 aliphatic rings. The van der Waals surface area contributed by atoms with Gasteiger partial charge in [-0.1, -0.05) is 11.6 Å². The largest absolute Gasteiger partial charge is 0.494 e. The topological polar surface area (TPSA) is 64.3 Å². The maximum atomic E-state index is 11.5. The van der Waals surface area contributed by atoms with E-state index in [0.29, 0.717) is 26.0 Å². The first-order valence-corrected chi connectivity index (χ1v) is 6.79. The summed E-state index contributed by atoms with van der Waals surface area (Å²) in [6.07, 6.45) is 1.11. The summed E-state index contributed by atoms with van der Waals surface area (Å²) in [6.45, 7) is 4.76. The van der Waals surface area contributed by atoms with E-state index in [9.17, 15) is 4.79 Å². The number of amides is 1. The van der Waals surface area contributed by atoms with Crippen LogP contribution in [-0.2, 0) is 4.79 Å². The first-order valence-electron chi connectivity index (χ1n) is 6.41. The third-order valence-electron chi connectivity index (χ3n) is 2.71. The van der Waals surface area contributed by atoms with Crippen LogP contribution in [0.1, 0.15) is 25.3 Å². The minimum absolute atomic E-state index is 0. The van der Waals surface area contributed by atoms with Crippen LogP contribution in [0.15, 0.2) is 18.2 Å². The van der Waals surface area contributed by atoms with Crippen molar-refractivity contribution < 1.29 is 9.53 Å². The molecule has 0 saturated heterocycles. The highest BCUT2D eigenvalue weighted by molar-refractivity contribution is 6.31. The summed E-state index contributed by atoms with van der Waals surface area (Å²) in [4.78, 5) is 11.5. The number of hydrogen-bond acceptors (Lipinski definition) is 3. The molecule has 0 aromatic heterocycles. The number of rotatable bonds is 7. The predicted molar refractivity (Wildman–Crippen MR) is 84.8 cm³/mol. The van der Waals surface area contributed by atoms with Gasteiger partial charge in [-0.2, -0.15) is 0 Å². The molecule has 0 bridgehead atoms. The number of halogens is 2. The zero-order chi connectivity index (χ0) is 14.3. The summed E-state index contributed by atoms with van der Waals surface area (Å²) in [5.74, 6) is 0.784. The Balaban J connectivity index is 0.00000361. The molecule has 0 aliphatic carbocycles. The molecule has 1 atom stereocenters. The van der Waals surface area contributed by atoms with E-state index in [-0.39, 0.29) is 24.4 Å². The Bertz CT molecular complexity index is 428. The van der Waals surface area contributed by atoms with Crippen molar-refractivity contribution >= 4 is 29.9 Å². The zero-order valence-corrected chi connectivity index (χ0v) is 13.4. The average Bonchev–Trinajstić information content (AvgIpc) is 2.38. The molecule has 0 aliphatic heterocycles. The first-order chi connectivity index (χ1) is 9.02. The molecule has 1 amide bonds. The van der Waals surface area contributed by atoms with E-state index in [1.165, 1.54) is 0 Å². The smallest absolute Gasteiger partial charge is 0.220 e. The van der Waals surface area contributed by atoms with Crippen LogP contribution >= 0.6 is 24.0 Å². The number of carbonyl (C=O) groups excluding carboxylic acids is 1. The van der Waals surface area contributed by atoms with Crippen molar-refractivity contribution in [1.29, 1.82) is 0 Å². The molecule has 1 aromatic rings. The summed E-state index contributed by atoms with van der Waals surface area (Å²) in [7, 11) is 0. The number of ether oxygens (including phenoxy) is 1. The van der Waals surface area contributed by atoms with E-state index in [1.54, 1.807) is 0 Å². The normalized spacial score (nSPS) is 11.4. The van der Waals surface area contributed by atoms with Gasteiger partial charge in [0.25, 0.3) is 0 Å². The van der Waals surface area contributed by atoms with Crippen LogP contribution < -0.4 is 15.8 Å². The molecule has 0 heterocycles. The molecule has 1 aromatic carbocycles. The highest BCUT2D eigenvalue weighted by atomic mass is 35.5. The van der Waals surface area contributed by atoms with Gasteiger partial charge in [0, 0.05) is 24.0 Å². The van der Waals surface area contributed by atoms with Crippen LogP contribution in [0.2, 0.25) is 5.02 Å². The van der Waals surface area contributed by atoms with Gasteiger partial charge in [-0.25, -0.2) is 0 Å². The van der Waals surface area contributed by atoms with Gasteiger partial charge in [0.15, 0.2) is 0 Å². The van der Waals surface area contributed by atoms with Crippen LogP contribution in [0, 0.1) is 6.92 Å². The van der Waals surface area contributed by atoms with E-state index < -0.39 is 0 Å². The number of nitrogens with two attached hydrogens (primary N) is 1. The lowest BCUT2D eigenvalue weighted by Gasteiger charge is -2.11. The Morgan fingerprint density at radius 2 is 2.20 bits per heavy atom. The monoisotopic (exact) mass is 320 g/mol. The summed E-state index contributed by atoms with van der Waals surface area (Å²) < 4.78 is 5.56. The number of aryl methyl sites for hydroxylation is 1. The van der Waals surface area contributed by atoms with E-state index in [0.717, 1.165) is 16.3 Å². The standard InChI is InChI=1S/C14H21ClN2O2.ClH/c1-10-8-12(5-6-13(10)15)19-7-3-4-14(18)17-11(2)9-16;/h5-6,8,11H,3-4,7,9,16H2,1-2H3,(H,17,18);1H/t11-;/m0./s1. The van der Waals surface area contributed by atoms with E-state index in [4.69, 9.17) is 22.1 Å². The van der Waals surface area contributed by atoms with Crippen molar-refractivity contribution in [2.45, 2.75) is 32.7 Å². The Labute approximate surface area is 131 Å². The van der Waals surface area contributed by atoms with Gasteiger partial charge in [0.05, 0.1) is 6.61 Å². The number of hydrogen-bond donors (Lipinski definition) is 2. The Hall–Kier alpha value is -0.970. The third kappa shape index (κ3) is 6.98. The second-order valence-corrected chi connectivity index (χ2v) is 4.97. The van der Waals surface area contributed by atoms with Gasteiger partial charge in [-0.15, -0.1) is 12.4 Å². The molecule has 6 heteroatoms. The molecule has 0 fully saturated rings. The number of nitrogens with one attached hydrogen (secondary N) is 1. The Morgan fingerprint density at radius 1 is 1.50 bits per heavy atom. The maximum absolute atomic E-state index is 11.5. The van der Waals surface area contributed by atoms with Crippen LogP contribution in [-0.4, -0.2) is 25.1 Å². The molecule has 4 nitrogen and oxygen atoms in total. The SMILES string of the molecule is Cc1cc(OCCCC(=O)N[C@@H](C)CN)ccc1Cl.Cl. The molecule has 0 saturated carbocycles. The average molecular weight is 321 g/mol. The van der Waals surface area contributed by atoms with Gasteiger partial charge in [-0.3, -0.25) is 4.79 Å². The maximum Gasteiger partial charge on any atom is 0.220 e. The lowest BCUT2D eigenvalue weighted by atomic mass is 10.2. The van der Waals surface area contributed by atoms with E-state index >= 15 is 0 Å². The Kier molecular flexibility index (Phi) is 9.38. The van der Waals surface area contributed by atoms with Crippen molar-refractivity contribution in [3.8, 4) is 5.75 Å². The van der Waals surface area contributed by atoms with Crippen molar-refractivity contribution in [3.63, 3.8) is 0 Å². The fourth-order valence-corrected chi connectivity index (χ4v) is 1.65. The fourth-order valence-electron chi connectivity index (χ4n) is 1.54. The van der Waals surface area contributed by atoms with Crippen LogP contribution in [0.3, 0.4) is 0 Å². The highest BCUT2D eigenvalue weighted by Crippen LogP contribution is 2.21. The molecule has 0 radical (unpaired) electrons. The molecule has 20 heavy (non-hydrogen) atoms. The third-order valence-corrected chi connectivity index (χ3v) is 3.13. The molecular weight excluding hydrogens is 299 g/mol. The summed E-state index contributed by atoms with van der Waals surface area (Å²) in [5, 5.41) is 3.53. The molecule has 1 rings (SSSR count). The quantitative estimate of drug-likeness (QED) is 0.759. The number of benzene rings is 1. The molecule has 114 valence electrons. The molecule has 0 spiro atoms. The summed E-state index contributed by atoms with van der Waals surface area (Å²) in [6, 6.07) is 5.54. The highest BCUT2D eigenvalue weighted by Gasteiger charge is 2.05. The van der Waals surface area contributed by atoms with Gasteiger partial charge in [-0.05, 0) is 44.0 Å². The summed E-state index contributed by atoms with van der Waals surface area (Å²) >= 11 is 5.93. The van der Waals surface area contributed by atoms with Crippen LogP contribution in [0.5, 0.6) is 5.75 Å². The minimum Gasteiger partial charge on any atom is -0.494 e. The van der Waals surface area contributed by atoms with Crippen molar-refractivity contribution in [3.05, 3.63) is 28.8 Å². The van der Waals surface area contributed by atoms with Gasteiger partial charge >= 0.3 is 0 Å². The lowest BCUT2D eigenvalue weighted by Crippen LogP contribution is -2.37. The second kappa shape index (κ2) is 9.86. The van der Waals surface area contributed by atoms with E-state index in [2.05, 4.69) is 5.32 Å². The van der Waals surface area contributed by atoms with Crippen molar-refractivity contribution in [2.75, 3.05) is 13.2 Å².